The third kappa shape index (κ3) is 2.94. The molecule has 0 heterocycles. The van der Waals surface area contributed by atoms with Gasteiger partial charge in [-0.05, 0) is 103 Å². The predicted octanol–water partition coefficient (Wildman–Crippen LogP) is 8.13. The Labute approximate surface area is 203 Å². The number of allylic oxidation sites excluding steroid dienone is 4. The lowest BCUT2D eigenvalue weighted by molar-refractivity contribution is -0.173. The molecule has 5 aliphatic carbocycles. The molecular weight excluding hydrogens is 404 g/mol. The molecule has 0 aromatic heterocycles. The van der Waals surface area contributed by atoms with Crippen LogP contribution in [0.25, 0.3) is 0 Å². The number of carbonyl (C=O) groups excluding carboxylic acids is 1. The van der Waals surface area contributed by atoms with Crippen LogP contribution in [0.3, 0.4) is 0 Å². The number of rotatable bonds is 2. The average Bonchev–Trinajstić information content (AvgIpc) is 3.10. The van der Waals surface area contributed by atoms with Crippen LogP contribution >= 0.6 is 0 Å². The zero-order valence-electron chi connectivity index (χ0n) is 22.6. The highest BCUT2D eigenvalue weighted by atomic mass is 16.5. The van der Waals surface area contributed by atoms with E-state index < -0.39 is 0 Å². The van der Waals surface area contributed by atoms with Crippen LogP contribution < -0.4 is 0 Å². The van der Waals surface area contributed by atoms with Crippen molar-refractivity contribution in [2.45, 2.75) is 106 Å². The Kier molecular flexibility index (Phi) is 5.19. The van der Waals surface area contributed by atoms with E-state index >= 15 is 0 Å². The molecule has 2 nitrogen and oxygen atoms in total. The molecular formula is C31H48O2. The SMILES string of the molecule is COC(=O)[C@]12CCC(C)(C)C[C@H]1C1=CC[C@@H]3[C@@]4(C)CC=C(C(C)C)[C@@H]4CC[C@@]3(C)[C@]1(C)CC2. The maximum Gasteiger partial charge on any atom is 0.312 e. The minimum absolute atomic E-state index is 0.0652. The molecule has 0 spiro atoms. The largest absolute Gasteiger partial charge is 0.469 e. The van der Waals surface area contributed by atoms with Crippen LogP contribution in [0.5, 0.6) is 0 Å². The van der Waals surface area contributed by atoms with Crippen molar-refractivity contribution in [2.24, 2.45) is 50.7 Å². The third-order valence-electron chi connectivity index (χ3n) is 12.3. The van der Waals surface area contributed by atoms with Crippen LogP contribution in [0.1, 0.15) is 106 Å². The number of methoxy groups -OCH3 is 1. The highest BCUT2D eigenvalue weighted by molar-refractivity contribution is 5.78. The van der Waals surface area contributed by atoms with Gasteiger partial charge in [0.25, 0.3) is 0 Å². The van der Waals surface area contributed by atoms with Gasteiger partial charge in [0.05, 0.1) is 12.5 Å². The van der Waals surface area contributed by atoms with Crippen LogP contribution in [-0.4, -0.2) is 13.1 Å². The molecule has 0 radical (unpaired) electrons. The zero-order valence-corrected chi connectivity index (χ0v) is 22.6. The van der Waals surface area contributed by atoms with Crippen LogP contribution in [-0.2, 0) is 9.53 Å². The first-order valence-corrected chi connectivity index (χ1v) is 13.8. The fourth-order valence-corrected chi connectivity index (χ4v) is 10.1. The van der Waals surface area contributed by atoms with Crippen molar-refractivity contribution in [2.75, 3.05) is 7.11 Å². The number of esters is 1. The van der Waals surface area contributed by atoms with Gasteiger partial charge < -0.3 is 4.74 Å². The first kappa shape index (κ1) is 23.7. The van der Waals surface area contributed by atoms with Crippen LogP contribution in [0.2, 0.25) is 0 Å². The summed E-state index contributed by atoms with van der Waals surface area (Å²) in [6.45, 7) is 17.5. The Morgan fingerprint density at radius 2 is 1.67 bits per heavy atom. The van der Waals surface area contributed by atoms with E-state index in [4.69, 9.17) is 4.74 Å². The van der Waals surface area contributed by atoms with Crippen molar-refractivity contribution in [1.82, 2.24) is 0 Å². The summed E-state index contributed by atoms with van der Waals surface area (Å²) in [6.07, 6.45) is 15.8. The Hall–Kier alpha value is -1.05. The maximum absolute atomic E-state index is 13.3. The smallest absolute Gasteiger partial charge is 0.312 e. The van der Waals surface area contributed by atoms with Gasteiger partial charge in [0.15, 0.2) is 0 Å². The van der Waals surface area contributed by atoms with Gasteiger partial charge in [-0.2, -0.15) is 0 Å². The normalized spacial score (nSPS) is 48.1. The Balaban J connectivity index is 1.58. The number of fused-ring (bicyclic) bond motifs is 7. The summed E-state index contributed by atoms with van der Waals surface area (Å²) >= 11 is 0. The number of hydrogen-bond donors (Lipinski definition) is 0. The van der Waals surface area contributed by atoms with Gasteiger partial charge in [0.1, 0.15) is 0 Å². The van der Waals surface area contributed by atoms with Gasteiger partial charge in [-0.3, -0.25) is 4.79 Å². The fourth-order valence-electron chi connectivity index (χ4n) is 10.1. The van der Waals surface area contributed by atoms with Crippen molar-refractivity contribution >= 4 is 5.97 Å². The van der Waals surface area contributed by atoms with E-state index in [1.807, 2.05) is 0 Å². The van der Waals surface area contributed by atoms with E-state index in [2.05, 4.69) is 60.6 Å². The average molecular weight is 453 g/mol. The summed E-state index contributed by atoms with van der Waals surface area (Å²) in [7, 11) is 1.61. The molecule has 3 fully saturated rings. The maximum atomic E-state index is 13.3. The molecule has 5 rings (SSSR count). The molecule has 0 saturated heterocycles. The summed E-state index contributed by atoms with van der Waals surface area (Å²) in [5.74, 6) is 2.58. The Morgan fingerprint density at radius 1 is 0.970 bits per heavy atom. The molecule has 0 N–H and O–H groups in total. The minimum Gasteiger partial charge on any atom is -0.469 e. The van der Waals surface area contributed by atoms with E-state index in [9.17, 15) is 4.79 Å². The standard InChI is InChI=1S/C31H48O2/c1-20(2)21-11-13-28(5)22(21)12-14-30(7)25(28)10-9-23-24-19-27(3,4)15-17-31(24,26(32)33-8)18-16-29(23,30)6/h9,11,20,22,24-25H,10,12-19H2,1-8H3/t22-,24-,25+,28-,29+,30+,31-/m0/s1. The lowest BCUT2D eigenvalue weighted by Crippen LogP contribution is -2.61. The number of carbonyl (C=O) groups is 1. The topological polar surface area (TPSA) is 26.3 Å². The van der Waals surface area contributed by atoms with E-state index in [1.54, 1.807) is 18.3 Å². The van der Waals surface area contributed by atoms with Gasteiger partial charge >= 0.3 is 5.97 Å². The molecule has 0 bridgehead atoms. The molecule has 5 aliphatic rings. The van der Waals surface area contributed by atoms with Gasteiger partial charge in [-0.1, -0.05) is 71.8 Å². The first-order valence-electron chi connectivity index (χ1n) is 13.8. The number of ether oxygens (including phenoxy) is 1. The molecule has 3 saturated carbocycles. The van der Waals surface area contributed by atoms with Crippen LogP contribution in [0.15, 0.2) is 23.3 Å². The van der Waals surface area contributed by atoms with Crippen LogP contribution in [0, 0.1) is 50.7 Å². The molecule has 33 heavy (non-hydrogen) atoms. The first-order chi connectivity index (χ1) is 15.3. The summed E-state index contributed by atoms with van der Waals surface area (Å²) in [6, 6.07) is 0. The van der Waals surface area contributed by atoms with Crippen molar-refractivity contribution in [3.63, 3.8) is 0 Å². The highest BCUT2D eigenvalue weighted by Gasteiger charge is 2.68. The van der Waals surface area contributed by atoms with Crippen molar-refractivity contribution < 1.29 is 9.53 Å². The van der Waals surface area contributed by atoms with E-state index in [0.717, 1.165) is 43.9 Å². The predicted molar refractivity (Wildman–Crippen MR) is 136 cm³/mol. The summed E-state index contributed by atoms with van der Waals surface area (Å²) in [5.41, 5.74) is 4.28. The molecule has 184 valence electrons. The highest BCUT2D eigenvalue weighted by Crippen LogP contribution is 2.75. The lowest BCUT2D eigenvalue weighted by atomic mass is 9.36. The summed E-state index contributed by atoms with van der Waals surface area (Å²) < 4.78 is 5.50. The molecule has 2 heteroatoms. The second-order valence-corrected chi connectivity index (χ2v) is 14.4. The van der Waals surface area contributed by atoms with Gasteiger partial charge in [-0.25, -0.2) is 0 Å². The van der Waals surface area contributed by atoms with E-state index in [1.165, 1.54) is 25.7 Å². The molecule has 7 atom stereocenters. The van der Waals surface area contributed by atoms with E-state index in [-0.39, 0.29) is 16.8 Å². The van der Waals surface area contributed by atoms with Crippen molar-refractivity contribution in [1.29, 1.82) is 0 Å². The number of hydrogen-bond acceptors (Lipinski definition) is 2. The second kappa shape index (κ2) is 7.23. The monoisotopic (exact) mass is 452 g/mol. The zero-order chi connectivity index (χ0) is 24.0. The van der Waals surface area contributed by atoms with Crippen molar-refractivity contribution in [3.05, 3.63) is 23.3 Å². The third-order valence-corrected chi connectivity index (χ3v) is 12.3. The second-order valence-electron chi connectivity index (χ2n) is 14.4. The molecule has 0 unspecified atom stereocenters. The van der Waals surface area contributed by atoms with Crippen molar-refractivity contribution in [3.8, 4) is 0 Å². The molecule has 0 aromatic rings. The molecule has 0 aromatic carbocycles. The summed E-state index contributed by atoms with van der Waals surface area (Å²) in [5, 5.41) is 0. The fraction of sp³-hybridized carbons (Fsp3) is 0.839. The Morgan fingerprint density at radius 3 is 2.33 bits per heavy atom. The summed E-state index contributed by atoms with van der Waals surface area (Å²) in [4.78, 5) is 13.3. The molecule has 0 aliphatic heterocycles. The minimum atomic E-state index is -0.292. The lowest BCUT2D eigenvalue weighted by Gasteiger charge is -2.68. The Bertz CT molecular complexity index is 908. The molecule has 0 amide bonds. The quantitative estimate of drug-likeness (QED) is 0.312. The van der Waals surface area contributed by atoms with E-state index in [0.29, 0.717) is 28.1 Å². The van der Waals surface area contributed by atoms with Gasteiger partial charge in [-0.15, -0.1) is 0 Å². The van der Waals surface area contributed by atoms with Gasteiger partial charge in [0.2, 0.25) is 0 Å². The van der Waals surface area contributed by atoms with Crippen LogP contribution in [0.4, 0.5) is 0 Å². The van der Waals surface area contributed by atoms with Gasteiger partial charge in [0, 0.05) is 0 Å².